The number of hydrogen-bond acceptors (Lipinski definition) is 6. The van der Waals surface area contributed by atoms with Gasteiger partial charge in [-0.2, -0.15) is 0 Å². The summed E-state index contributed by atoms with van der Waals surface area (Å²) in [5.74, 6) is 2.17. The molecule has 0 spiro atoms. The summed E-state index contributed by atoms with van der Waals surface area (Å²) in [7, 11) is 1.86. The largest absolute Gasteiger partial charge is 0.490 e. The number of nitrogens with one attached hydrogen (secondary N) is 1. The molecule has 32 heavy (non-hydrogen) atoms. The number of aromatic nitrogens is 3. The summed E-state index contributed by atoms with van der Waals surface area (Å²) >= 11 is 4.84. The van der Waals surface area contributed by atoms with Crippen molar-refractivity contribution in [2.24, 2.45) is 7.05 Å². The van der Waals surface area contributed by atoms with E-state index in [9.17, 15) is 4.79 Å². The number of halogens is 1. The van der Waals surface area contributed by atoms with Crippen LogP contribution in [0.3, 0.4) is 0 Å². The maximum atomic E-state index is 12.4. The van der Waals surface area contributed by atoms with Gasteiger partial charge in [0.25, 0.3) is 0 Å². The molecule has 3 aromatic rings. The summed E-state index contributed by atoms with van der Waals surface area (Å²) in [6, 6.07) is 9.65. The number of nitrogens with zero attached hydrogens (tertiary/aromatic N) is 3. The predicted octanol–water partition coefficient (Wildman–Crippen LogP) is 5.21. The van der Waals surface area contributed by atoms with Crippen molar-refractivity contribution >= 4 is 39.3 Å². The summed E-state index contributed by atoms with van der Waals surface area (Å²) in [6.07, 6.45) is 0. The van der Waals surface area contributed by atoms with E-state index in [4.69, 9.17) is 9.47 Å². The molecule has 0 bridgehead atoms. The molecule has 0 aliphatic carbocycles. The molecule has 1 aromatic heterocycles. The van der Waals surface area contributed by atoms with Crippen molar-refractivity contribution in [1.29, 1.82) is 0 Å². The van der Waals surface area contributed by atoms with Gasteiger partial charge in [0.15, 0.2) is 22.5 Å². The molecule has 170 valence electrons. The number of carbonyl (C=O) groups excluding carboxylic acids is 1. The molecule has 0 aliphatic rings. The summed E-state index contributed by atoms with van der Waals surface area (Å²) in [6.45, 7) is 8.76. The zero-order valence-corrected chi connectivity index (χ0v) is 21.3. The molecule has 0 aliphatic heterocycles. The Morgan fingerprint density at radius 1 is 1.09 bits per heavy atom. The number of rotatable bonds is 9. The molecule has 1 N–H and O–H groups in total. The van der Waals surface area contributed by atoms with E-state index in [1.54, 1.807) is 0 Å². The Hall–Kier alpha value is -2.52. The quantitative estimate of drug-likeness (QED) is 0.391. The third-order valence-electron chi connectivity index (χ3n) is 5.01. The highest BCUT2D eigenvalue weighted by Gasteiger charge is 2.14. The van der Waals surface area contributed by atoms with Crippen molar-refractivity contribution in [1.82, 2.24) is 14.8 Å². The minimum atomic E-state index is -0.0957. The Labute approximate surface area is 201 Å². The molecule has 0 radical (unpaired) electrons. The first-order chi connectivity index (χ1) is 15.3. The van der Waals surface area contributed by atoms with Gasteiger partial charge in [-0.15, -0.1) is 10.2 Å². The van der Waals surface area contributed by atoms with Gasteiger partial charge < -0.3 is 19.4 Å². The Balaban J connectivity index is 1.58. The van der Waals surface area contributed by atoms with Crippen molar-refractivity contribution in [3.63, 3.8) is 0 Å². The lowest BCUT2D eigenvalue weighted by molar-refractivity contribution is -0.113. The molecule has 0 unspecified atom stereocenters. The van der Waals surface area contributed by atoms with Crippen LogP contribution in [-0.2, 0) is 18.4 Å². The highest BCUT2D eigenvalue weighted by Crippen LogP contribution is 2.29. The molecule has 0 fully saturated rings. The average Bonchev–Trinajstić information content (AvgIpc) is 3.12. The number of aryl methyl sites for hydroxylation is 1. The van der Waals surface area contributed by atoms with Crippen LogP contribution in [0.2, 0.25) is 0 Å². The minimum absolute atomic E-state index is 0.0957. The number of carbonyl (C=O) groups is 1. The van der Waals surface area contributed by atoms with Gasteiger partial charge in [0.05, 0.1) is 12.4 Å². The number of anilines is 1. The second kappa shape index (κ2) is 10.9. The average molecular weight is 519 g/mol. The van der Waals surface area contributed by atoms with Crippen LogP contribution >= 0.6 is 27.7 Å². The highest BCUT2D eigenvalue weighted by atomic mass is 79.9. The van der Waals surface area contributed by atoms with E-state index in [-0.39, 0.29) is 18.3 Å². The Kier molecular flexibility index (Phi) is 8.20. The minimum Gasteiger partial charge on any atom is -0.490 e. The fourth-order valence-corrected chi connectivity index (χ4v) is 4.14. The summed E-state index contributed by atoms with van der Waals surface area (Å²) < 4.78 is 14.4. The number of amides is 1. The van der Waals surface area contributed by atoms with Crippen LogP contribution in [0, 0.1) is 20.8 Å². The zero-order valence-electron chi connectivity index (χ0n) is 18.9. The molecule has 1 heterocycles. The Morgan fingerprint density at radius 2 is 1.88 bits per heavy atom. The van der Waals surface area contributed by atoms with Crippen LogP contribution in [0.25, 0.3) is 0 Å². The van der Waals surface area contributed by atoms with Gasteiger partial charge in [-0.1, -0.05) is 33.8 Å². The lowest BCUT2D eigenvalue weighted by Gasteiger charge is -2.12. The SMILES string of the molecule is CCOc1cc(C)ccc1OCc1nnc(SCC(=O)Nc2ccc(Br)c(C)c2C)n1C. The second-order valence-corrected chi connectivity index (χ2v) is 9.11. The van der Waals surface area contributed by atoms with Gasteiger partial charge in [0.1, 0.15) is 6.61 Å². The molecule has 0 atom stereocenters. The standard InChI is InChI=1S/C23H27BrN4O3S/c1-6-30-20-11-14(2)7-10-19(20)31-12-21-26-27-23(28(21)5)32-13-22(29)25-18-9-8-17(24)15(3)16(18)4/h7-11H,6,12-13H2,1-5H3,(H,25,29). The molecule has 0 saturated carbocycles. The van der Waals surface area contributed by atoms with Crippen LogP contribution in [-0.4, -0.2) is 33.0 Å². The Bertz CT molecular complexity index is 1120. The lowest BCUT2D eigenvalue weighted by Crippen LogP contribution is -2.15. The molecule has 2 aromatic carbocycles. The van der Waals surface area contributed by atoms with Crippen LogP contribution in [0.15, 0.2) is 40.0 Å². The fraction of sp³-hybridized carbons (Fsp3) is 0.348. The normalized spacial score (nSPS) is 10.8. The van der Waals surface area contributed by atoms with E-state index in [1.165, 1.54) is 11.8 Å². The van der Waals surface area contributed by atoms with Gasteiger partial charge >= 0.3 is 0 Å². The number of thioether (sulfide) groups is 1. The van der Waals surface area contributed by atoms with Crippen LogP contribution in [0.4, 0.5) is 5.69 Å². The first-order valence-electron chi connectivity index (χ1n) is 10.2. The third-order valence-corrected chi connectivity index (χ3v) is 6.89. The summed E-state index contributed by atoms with van der Waals surface area (Å²) in [4.78, 5) is 12.4. The maximum absolute atomic E-state index is 12.4. The topological polar surface area (TPSA) is 78.3 Å². The number of benzene rings is 2. The van der Waals surface area contributed by atoms with Crippen LogP contribution in [0.1, 0.15) is 29.4 Å². The smallest absolute Gasteiger partial charge is 0.234 e. The first kappa shape index (κ1) is 24.1. The van der Waals surface area contributed by atoms with E-state index in [0.717, 1.165) is 26.9 Å². The maximum Gasteiger partial charge on any atom is 0.234 e. The molecule has 0 saturated heterocycles. The van der Waals surface area contributed by atoms with Crippen molar-refractivity contribution in [2.75, 3.05) is 17.7 Å². The molecular formula is C23H27BrN4O3S. The van der Waals surface area contributed by atoms with Gasteiger partial charge in [-0.05, 0) is 68.7 Å². The predicted molar refractivity (Wildman–Crippen MR) is 131 cm³/mol. The second-order valence-electron chi connectivity index (χ2n) is 7.31. The van der Waals surface area contributed by atoms with Crippen molar-refractivity contribution < 1.29 is 14.3 Å². The van der Waals surface area contributed by atoms with E-state index >= 15 is 0 Å². The van der Waals surface area contributed by atoms with Gasteiger partial charge in [0, 0.05) is 17.2 Å². The molecule has 3 rings (SSSR count). The molecule has 9 heteroatoms. The fourth-order valence-electron chi connectivity index (χ4n) is 2.98. The van der Waals surface area contributed by atoms with Crippen molar-refractivity contribution in [2.45, 2.75) is 39.5 Å². The van der Waals surface area contributed by atoms with Crippen LogP contribution in [0.5, 0.6) is 11.5 Å². The zero-order chi connectivity index (χ0) is 23.3. The molecular weight excluding hydrogens is 492 g/mol. The Morgan fingerprint density at radius 3 is 2.62 bits per heavy atom. The van der Waals surface area contributed by atoms with Crippen molar-refractivity contribution in [3.8, 4) is 11.5 Å². The van der Waals surface area contributed by atoms with E-state index in [1.807, 2.05) is 69.6 Å². The van der Waals surface area contributed by atoms with Crippen molar-refractivity contribution in [3.05, 3.63) is 57.3 Å². The van der Waals surface area contributed by atoms with E-state index in [2.05, 4.69) is 31.4 Å². The van der Waals surface area contributed by atoms with E-state index < -0.39 is 0 Å². The third kappa shape index (κ3) is 5.83. The van der Waals surface area contributed by atoms with E-state index in [0.29, 0.717) is 29.1 Å². The summed E-state index contributed by atoms with van der Waals surface area (Å²) in [5.41, 5.74) is 4.06. The highest BCUT2D eigenvalue weighted by molar-refractivity contribution is 9.10. The monoisotopic (exact) mass is 518 g/mol. The lowest BCUT2D eigenvalue weighted by atomic mass is 10.1. The van der Waals surface area contributed by atoms with Gasteiger partial charge in [0.2, 0.25) is 5.91 Å². The first-order valence-corrected chi connectivity index (χ1v) is 12.0. The van der Waals surface area contributed by atoms with Gasteiger partial charge in [-0.3, -0.25) is 4.79 Å². The molecule has 1 amide bonds. The molecule has 7 nitrogen and oxygen atoms in total. The number of hydrogen-bond donors (Lipinski definition) is 1. The number of ether oxygens (including phenoxy) is 2. The summed E-state index contributed by atoms with van der Waals surface area (Å²) in [5, 5.41) is 12.0. The van der Waals surface area contributed by atoms with Crippen LogP contribution < -0.4 is 14.8 Å². The van der Waals surface area contributed by atoms with Gasteiger partial charge in [-0.25, -0.2) is 0 Å².